The average molecular weight is 481 g/mol. The van der Waals surface area contributed by atoms with Gasteiger partial charge in [0, 0.05) is 34.7 Å². The standard InChI is InChI=1S/C26H32N4O3S/c1-18(31)19-12-13-24(33-3)20(14-19)17-34-26-29-28-25(30(26)22-9-5-4-6-10-22)16-27-21-8-7-11-23(15-21)32-2/h7-8,11-15,22,27H,4-6,9-10,16-17H2,1-3H3. The summed E-state index contributed by atoms with van der Waals surface area (Å²) >= 11 is 1.64. The van der Waals surface area contributed by atoms with E-state index in [2.05, 4.69) is 20.1 Å². The first kappa shape index (κ1) is 24.1. The number of carbonyl (C=O) groups is 1. The van der Waals surface area contributed by atoms with Gasteiger partial charge in [-0.1, -0.05) is 37.1 Å². The summed E-state index contributed by atoms with van der Waals surface area (Å²) in [5.74, 6) is 3.23. The minimum atomic E-state index is 0.0465. The number of benzene rings is 2. The predicted molar refractivity (Wildman–Crippen MR) is 135 cm³/mol. The summed E-state index contributed by atoms with van der Waals surface area (Å²) < 4.78 is 13.2. The van der Waals surface area contributed by atoms with Crippen LogP contribution in [0.5, 0.6) is 11.5 Å². The van der Waals surface area contributed by atoms with Gasteiger partial charge in [0.1, 0.15) is 11.5 Å². The first-order chi connectivity index (χ1) is 16.6. The van der Waals surface area contributed by atoms with Crippen molar-refractivity contribution in [1.29, 1.82) is 0 Å². The minimum Gasteiger partial charge on any atom is -0.497 e. The van der Waals surface area contributed by atoms with Crippen LogP contribution in [-0.4, -0.2) is 34.8 Å². The molecule has 2 aromatic carbocycles. The molecule has 0 atom stereocenters. The molecular weight excluding hydrogens is 448 g/mol. The maximum atomic E-state index is 11.9. The van der Waals surface area contributed by atoms with Gasteiger partial charge < -0.3 is 19.4 Å². The second-order valence-electron chi connectivity index (χ2n) is 8.52. The van der Waals surface area contributed by atoms with Crippen LogP contribution in [0.2, 0.25) is 0 Å². The molecule has 0 bridgehead atoms. The molecule has 8 heteroatoms. The third kappa shape index (κ3) is 5.73. The molecule has 1 aliphatic carbocycles. The SMILES string of the molecule is COc1cccc(NCc2nnc(SCc3cc(C(C)=O)ccc3OC)n2C2CCCCC2)c1. The summed E-state index contributed by atoms with van der Waals surface area (Å²) in [7, 11) is 3.33. The number of rotatable bonds is 10. The second-order valence-corrected chi connectivity index (χ2v) is 9.46. The normalized spacial score (nSPS) is 14.1. The van der Waals surface area contributed by atoms with E-state index in [1.807, 2.05) is 42.5 Å². The fourth-order valence-corrected chi connectivity index (χ4v) is 5.40. The van der Waals surface area contributed by atoms with Crippen molar-refractivity contribution < 1.29 is 14.3 Å². The smallest absolute Gasteiger partial charge is 0.191 e. The van der Waals surface area contributed by atoms with Crippen molar-refractivity contribution in [1.82, 2.24) is 14.8 Å². The number of carbonyl (C=O) groups excluding carboxylic acids is 1. The molecule has 1 aliphatic rings. The van der Waals surface area contributed by atoms with Crippen LogP contribution in [0.15, 0.2) is 47.6 Å². The predicted octanol–water partition coefficient (Wildman–Crippen LogP) is 5.91. The number of thioether (sulfide) groups is 1. The molecule has 0 amide bonds. The van der Waals surface area contributed by atoms with Gasteiger partial charge in [-0.3, -0.25) is 4.79 Å². The maximum Gasteiger partial charge on any atom is 0.191 e. The summed E-state index contributed by atoms with van der Waals surface area (Å²) in [6.45, 7) is 2.17. The monoisotopic (exact) mass is 480 g/mol. The number of nitrogens with zero attached hydrogens (tertiary/aromatic N) is 3. The third-order valence-electron chi connectivity index (χ3n) is 6.24. The summed E-state index contributed by atoms with van der Waals surface area (Å²) in [6.07, 6.45) is 6.02. The van der Waals surface area contributed by atoms with Gasteiger partial charge in [-0.05, 0) is 50.1 Å². The molecule has 1 heterocycles. The van der Waals surface area contributed by atoms with Crippen molar-refractivity contribution in [2.24, 2.45) is 0 Å². The topological polar surface area (TPSA) is 78.3 Å². The Morgan fingerprint density at radius 1 is 1.09 bits per heavy atom. The molecular formula is C26H32N4O3S. The van der Waals surface area contributed by atoms with Gasteiger partial charge in [0.05, 0.1) is 20.8 Å². The lowest BCUT2D eigenvalue weighted by Crippen LogP contribution is -2.18. The number of Topliss-reactive ketones (excluding diaryl/α,β-unsaturated/α-hetero) is 1. The van der Waals surface area contributed by atoms with E-state index in [0.29, 0.717) is 23.9 Å². The highest BCUT2D eigenvalue weighted by Gasteiger charge is 2.23. The average Bonchev–Trinajstić information content (AvgIpc) is 3.29. The second kappa shape index (κ2) is 11.4. The van der Waals surface area contributed by atoms with E-state index < -0.39 is 0 Å². The van der Waals surface area contributed by atoms with E-state index in [-0.39, 0.29) is 5.78 Å². The van der Waals surface area contributed by atoms with Crippen LogP contribution in [0.1, 0.15) is 66.8 Å². The molecule has 4 rings (SSSR count). The Kier molecular flexibility index (Phi) is 8.11. The number of aromatic nitrogens is 3. The quantitative estimate of drug-likeness (QED) is 0.286. The van der Waals surface area contributed by atoms with Crippen molar-refractivity contribution in [2.75, 3.05) is 19.5 Å². The van der Waals surface area contributed by atoms with Gasteiger partial charge in [-0.2, -0.15) is 0 Å². The Morgan fingerprint density at radius 3 is 2.65 bits per heavy atom. The first-order valence-electron chi connectivity index (χ1n) is 11.7. The van der Waals surface area contributed by atoms with E-state index in [0.717, 1.165) is 46.6 Å². The Bertz CT molecular complexity index is 1120. The summed E-state index contributed by atoms with van der Waals surface area (Å²) in [4.78, 5) is 11.9. The zero-order chi connectivity index (χ0) is 23.9. The molecule has 180 valence electrons. The molecule has 1 saturated carbocycles. The van der Waals surface area contributed by atoms with Crippen LogP contribution >= 0.6 is 11.8 Å². The largest absolute Gasteiger partial charge is 0.497 e. The molecule has 3 aromatic rings. The van der Waals surface area contributed by atoms with Gasteiger partial charge in [0.25, 0.3) is 0 Å². The minimum absolute atomic E-state index is 0.0465. The zero-order valence-corrected chi connectivity index (χ0v) is 20.9. The third-order valence-corrected chi connectivity index (χ3v) is 7.23. The van der Waals surface area contributed by atoms with E-state index in [1.54, 1.807) is 32.9 Å². The van der Waals surface area contributed by atoms with Crippen molar-refractivity contribution >= 4 is 23.2 Å². The van der Waals surface area contributed by atoms with Crippen LogP contribution < -0.4 is 14.8 Å². The molecule has 1 aromatic heterocycles. The number of hydrogen-bond donors (Lipinski definition) is 1. The molecule has 7 nitrogen and oxygen atoms in total. The Morgan fingerprint density at radius 2 is 1.91 bits per heavy atom. The Hall–Kier alpha value is -3.00. The maximum absolute atomic E-state index is 11.9. The highest BCUT2D eigenvalue weighted by molar-refractivity contribution is 7.98. The van der Waals surface area contributed by atoms with Crippen molar-refractivity contribution in [3.05, 3.63) is 59.4 Å². The van der Waals surface area contributed by atoms with Gasteiger partial charge in [-0.25, -0.2) is 0 Å². The van der Waals surface area contributed by atoms with Crippen LogP contribution in [0.25, 0.3) is 0 Å². The van der Waals surface area contributed by atoms with Gasteiger partial charge in [-0.15, -0.1) is 10.2 Å². The number of anilines is 1. The molecule has 0 saturated heterocycles. The van der Waals surface area contributed by atoms with Crippen LogP contribution in [-0.2, 0) is 12.3 Å². The van der Waals surface area contributed by atoms with E-state index >= 15 is 0 Å². The van der Waals surface area contributed by atoms with Crippen molar-refractivity contribution in [2.45, 2.75) is 62.5 Å². The number of nitrogens with one attached hydrogen (secondary N) is 1. The zero-order valence-electron chi connectivity index (χ0n) is 20.0. The number of hydrogen-bond acceptors (Lipinski definition) is 7. The summed E-state index contributed by atoms with van der Waals surface area (Å²) in [5, 5.41) is 13.5. The van der Waals surface area contributed by atoms with Gasteiger partial charge >= 0.3 is 0 Å². The fraction of sp³-hybridized carbons (Fsp3) is 0.423. The lowest BCUT2D eigenvalue weighted by molar-refractivity contribution is 0.101. The fourth-order valence-electron chi connectivity index (χ4n) is 4.40. The highest BCUT2D eigenvalue weighted by atomic mass is 32.2. The molecule has 1 fully saturated rings. The Balaban J connectivity index is 1.56. The lowest BCUT2D eigenvalue weighted by Gasteiger charge is -2.26. The highest BCUT2D eigenvalue weighted by Crippen LogP contribution is 2.35. The van der Waals surface area contributed by atoms with E-state index in [9.17, 15) is 4.79 Å². The Labute approximate surface area is 205 Å². The molecule has 0 spiro atoms. The van der Waals surface area contributed by atoms with Crippen LogP contribution in [0.3, 0.4) is 0 Å². The molecule has 34 heavy (non-hydrogen) atoms. The molecule has 0 radical (unpaired) electrons. The van der Waals surface area contributed by atoms with Gasteiger partial charge in [0.15, 0.2) is 16.8 Å². The lowest BCUT2D eigenvalue weighted by atomic mass is 9.95. The molecule has 0 aliphatic heterocycles. The number of ketones is 1. The van der Waals surface area contributed by atoms with E-state index in [4.69, 9.17) is 9.47 Å². The van der Waals surface area contributed by atoms with Crippen LogP contribution in [0.4, 0.5) is 5.69 Å². The van der Waals surface area contributed by atoms with E-state index in [1.165, 1.54) is 19.3 Å². The summed E-state index contributed by atoms with van der Waals surface area (Å²) in [5.41, 5.74) is 2.65. The molecule has 1 N–H and O–H groups in total. The number of ether oxygens (including phenoxy) is 2. The summed E-state index contributed by atoms with van der Waals surface area (Å²) in [6, 6.07) is 13.9. The molecule has 0 unspecified atom stereocenters. The van der Waals surface area contributed by atoms with Crippen molar-refractivity contribution in [3.8, 4) is 11.5 Å². The van der Waals surface area contributed by atoms with Crippen molar-refractivity contribution in [3.63, 3.8) is 0 Å². The van der Waals surface area contributed by atoms with Gasteiger partial charge in [0.2, 0.25) is 0 Å². The van der Waals surface area contributed by atoms with Crippen LogP contribution in [0, 0.1) is 0 Å². The first-order valence-corrected chi connectivity index (χ1v) is 12.7. The number of methoxy groups -OCH3 is 2.